The molecule has 0 aromatic carbocycles. The van der Waals surface area contributed by atoms with E-state index < -0.39 is 5.97 Å². The fourth-order valence-corrected chi connectivity index (χ4v) is 3.19. The number of carboxylic acid groups (broad SMARTS) is 1. The van der Waals surface area contributed by atoms with Gasteiger partial charge in [-0.2, -0.15) is 0 Å². The van der Waals surface area contributed by atoms with E-state index in [1.165, 1.54) is 12.5 Å². The molecule has 0 bridgehead atoms. The van der Waals surface area contributed by atoms with Crippen LogP contribution in [0.2, 0.25) is 0 Å². The first kappa shape index (κ1) is 12.8. The molecule has 5 heteroatoms. The first-order valence-corrected chi connectivity index (χ1v) is 6.84. The summed E-state index contributed by atoms with van der Waals surface area (Å²) in [5.41, 5.74) is 0.515. The van der Waals surface area contributed by atoms with Gasteiger partial charge in [-0.15, -0.1) is 0 Å². The molecule has 0 saturated heterocycles. The number of carbonyl (C=O) groups is 2. The minimum absolute atomic E-state index is 0.0477. The van der Waals surface area contributed by atoms with E-state index >= 15 is 0 Å². The van der Waals surface area contributed by atoms with E-state index in [1.807, 2.05) is 0 Å². The SMILES string of the molecule is O=C(O)/C=C/c1cccc(NC(=O)C2C3CCCC32)n1. The zero-order valence-corrected chi connectivity index (χ0v) is 11.0. The molecule has 0 radical (unpaired) electrons. The number of hydrogen-bond donors (Lipinski definition) is 2. The van der Waals surface area contributed by atoms with Gasteiger partial charge in [0.1, 0.15) is 5.82 Å². The molecule has 1 aromatic rings. The molecule has 2 saturated carbocycles. The van der Waals surface area contributed by atoms with E-state index in [1.54, 1.807) is 18.2 Å². The average Bonchev–Trinajstić information content (AvgIpc) is 2.91. The van der Waals surface area contributed by atoms with Crippen LogP contribution in [0.15, 0.2) is 24.3 Å². The summed E-state index contributed by atoms with van der Waals surface area (Å²) in [5, 5.41) is 11.4. The number of carbonyl (C=O) groups excluding carboxylic acids is 1. The molecule has 2 fully saturated rings. The number of hydrogen-bond acceptors (Lipinski definition) is 3. The summed E-state index contributed by atoms with van der Waals surface area (Å²) in [6.45, 7) is 0. The maximum Gasteiger partial charge on any atom is 0.328 e. The second kappa shape index (κ2) is 5.07. The lowest BCUT2D eigenvalue weighted by molar-refractivity contribution is -0.131. The Morgan fingerprint density at radius 3 is 2.75 bits per heavy atom. The largest absolute Gasteiger partial charge is 0.478 e. The van der Waals surface area contributed by atoms with Crippen LogP contribution in [-0.2, 0) is 9.59 Å². The molecule has 2 aliphatic rings. The number of pyridine rings is 1. The Kier molecular flexibility index (Phi) is 3.26. The number of carboxylic acids is 1. The standard InChI is InChI=1S/C15H16N2O3/c18-13(19)8-7-9-3-1-6-12(16-9)17-15(20)14-10-4-2-5-11(10)14/h1,3,6-8,10-11,14H,2,4-5H2,(H,18,19)(H,16,17,20)/b8-7+. The predicted molar refractivity (Wildman–Crippen MR) is 73.9 cm³/mol. The molecule has 104 valence electrons. The Morgan fingerprint density at radius 1 is 1.30 bits per heavy atom. The second-order valence-corrected chi connectivity index (χ2v) is 5.39. The third kappa shape index (κ3) is 2.57. The molecule has 1 aromatic heterocycles. The summed E-state index contributed by atoms with van der Waals surface area (Å²) in [5.74, 6) is 0.810. The lowest BCUT2D eigenvalue weighted by Crippen LogP contribution is -2.17. The molecule has 0 spiro atoms. The van der Waals surface area contributed by atoms with Gasteiger partial charge in [0.2, 0.25) is 5.91 Å². The number of nitrogens with zero attached hydrogens (tertiary/aromatic N) is 1. The van der Waals surface area contributed by atoms with Gasteiger partial charge in [-0.05, 0) is 42.9 Å². The molecule has 2 N–H and O–H groups in total. The van der Waals surface area contributed by atoms with E-state index in [0.29, 0.717) is 23.3 Å². The van der Waals surface area contributed by atoms with E-state index in [4.69, 9.17) is 5.11 Å². The van der Waals surface area contributed by atoms with Crippen LogP contribution in [0, 0.1) is 17.8 Å². The normalized spacial score (nSPS) is 27.3. The summed E-state index contributed by atoms with van der Waals surface area (Å²) in [6.07, 6.45) is 6.01. The Morgan fingerprint density at radius 2 is 2.05 bits per heavy atom. The predicted octanol–water partition coefficient (Wildman–Crippen LogP) is 2.16. The summed E-state index contributed by atoms with van der Waals surface area (Å²) < 4.78 is 0. The van der Waals surface area contributed by atoms with Gasteiger partial charge in [0.15, 0.2) is 0 Å². The third-order valence-corrected chi connectivity index (χ3v) is 4.13. The highest BCUT2D eigenvalue weighted by molar-refractivity contribution is 5.94. The molecular weight excluding hydrogens is 256 g/mol. The van der Waals surface area contributed by atoms with E-state index in [9.17, 15) is 9.59 Å². The minimum atomic E-state index is -1.02. The Hall–Kier alpha value is -2.17. The van der Waals surface area contributed by atoms with Crippen molar-refractivity contribution in [3.05, 3.63) is 30.0 Å². The van der Waals surface area contributed by atoms with Gasteiger partial charge in [0, 0.05) is 12.0 Å². The van der Waals surface area contributed by atoms with Gasteiger partial charge in [-0.1, -0.05) is 12.5 Å². The number of rotatable bonds is 4. The van der Waals surface area contributed by atoms with E-state index in [0.717, 1.165) is 18.9 Å². The number of nitrogens with one attached hydrogen (secondary N) is 1. The van der Waals surface area contributed by atoms with E-state index in [-0.39, 0.29) is 11.8 Å². The van der Waals surface area contributed by atoms with Crippen LogP contribution in [0.5, 0.6) is 0 Å². The molecule has 2 atom stereocenters. The summed E-state index contributed by atoms with van der Waals surface area (Å²) in [4.78, 5) is 26.8. The quantitative estimate of drug-likeness (QED) is 0.823. The van der Waals surface area contributed by atoms with E-state index in [2.05, 4.69) is 10.3 Å². The van der Waals surface area contributed by atoms with Crippen LogP contribution in [0.4, 0.5) is 5.82 Å². The molecular formula is C15H16N2O3. The van der Waals surface area contributed by atoms with Crippen LogP contribution in [0.1, 0.15) is 25.0 Å². The zero-order valence-electron chi connectivity index (χ0n) is 11.0. The maximum absolute atomic E-state index is 12.1. The van der Waals surface area contributed by atoms with Crippen molar-refractivity contribution >= 4 is 23.8 Å². The molecule has 2 unspecified atom stereocenters. The topological polar surface area (TPSA) is 79.3 Å². The van der Waals surface area contributed by atoms with Crippen LogP contribution in [-0.4, -0.2) is 22.0 Å². The average molecular weight is 272 g/mol. The maximum atomic E-state index is 12.1. The van der Waals surface area contributed by atoms with Gasteiger partial charge >= 0.3 is 5.97 Å². The molecule has 3 rings (SSSR count). The van der Waals surface area contributed by atoms with Crippen LogP contribution < -0.4 is 5.32 Å². The smallest absolute Gasteiger partial charge is 0.328 e. The van der Waals surface area contributed by atoms with Gasteiger partial charge < -0.3 is 10.4 Å². The second-order valence-electron chi connectivity index (χ2n) is 5.39. The van der Waals surface area contributed by atoms with Crippen molar-refractivity contribution in [2.75, 3.05) is 5.32 Å². The number of anilines is 1. The molecule has 2 aliphatic carbocycles. The minimum Gasteiger partial charge on any atom is -0.478 e. The summed E-state index contributed by atoms with van der Waals surface area (Å²) in [6, 6.07) is 5.16. The molecule has 20 heavy (non-hydrogen) atoms. The van der Waals surface area contributed by atoms with Crippen LogP contribution >= 0.6 is 0 Å². The Labute approximate surface area is 116 Å². The van der Waals surface area contributed by atoms with Crippen LogP contribution in [0.25, 0.3) is 6.08 Å². The fourth-order valence-electron chi connectivity index (χ4n) is 3.19. The summed E-state index contributed by atoms with van der Waals surface area (Å²) >= 11 is 0. The highest BCUT2D eigenvalue weighted by atomic mass is 16.4. The zero-order chi connectivity index (χ0) is 14.1. The first-order valence-electron chi connectivity index (χ1n) is 6.84. The lowest BCUT2D eigenvalue weighted by Gasteiger charge is -2.06. The van der Waals surface area contributed by atoms with Gasteiger partial charge in [-0.3, -0.25) is 4.79 Å². The monoisotopic (exact) mass is 272 g/mol. The number of aliphatic carboxylic acids is 1. The third-order valence-electron chi connectivity index (χ3n) is 4.13. The Balaban J connectivity index is 1.64. The van der Waals surface area contributed by atoms with Gasteiger partial charge in [0.25, 0.3) is 0 Å². The van der Waals surface area contributed by atoms with Crippen molar-refractivity contribution in [2.45, 2.75) is 19.3 Å². The van der Waals surface area contributed by atoms with Crippen molar-refractivity contribution in [1.82, 2.24) is 4.98 Å². The lowest BCUT2D eigenvalue weighted by atomic mass is 10.1. The van der Waals surface area contributed by atoms with Crippen LogP contribution in [0.3, 0.4) is 0 Å². The highest BCUT2D eigenvalue weighted by Gasteiger charge is 2.56. The number of aromatic nitrogens is 1. The summed E-state index contributed by atoms with van der Waals surface area (Å²) in [7, 11) is 0. The number of amides is 1. The van der Waals surface area contributed by atoms with Crippen molar-refractivity contribution in [3.8, 4) is 0 Å². The molecule has 5 nitrogen and oxygen atoms in total. The van der Waals surface area contributed by atoms with Gasteiger partial charge in [-0.25, -0.2) is 9.78 Å². The Bertz CT molecular complexity index is 572. The first-order chi connectivity index (χ1) is 9.65. The van der Waals surface area contributed by atoms with Crippen molar-refractivity contribution in [1.29, 1.82) is 0 Å². The molecule has 0 aliphatic heterocycles. The van der Waals surface area contributed by atoms with Crippen molar-refractivity contribution < 1.29 is 14.7 Å². The van der Waals surface area contributed by atoms with Crippen molar-refractivity contribution in [3.63, 3.8) is 0 Å². The molecule has 1 amide bonds. The van der Waals surface area contributed by atoms with Gasteiger partial charge in [0.05, 0.1) is 5.69 Å². The van der Waals surface area contributed by atoms with Crippen molar-refractivity contribution in [2.24, 2.45) is 17.8 Å². The molecule has 1 heterocycles. The highest BCUT2D eigenvalue weighted by Crippen LogP contribution is 2.57. The fraction of sp³-hybridized carbons (Fsp3) is 0.400. The number of fused-ring (bicyclic) bond motifs is 1.